The molecule has 0 aliphatic carbocycles. The molecule has 0 radical (unpaired) electrons. The van der Waals surface area contributed by atoms with E-state index in [4.69, 9.17) is 5.11 Å². The van der Waals surface area contributed by atoms with Crippen LogP contribution in [0.5, 0.6) is 0 Å². The van der Waals surface area contributed by atoms with Crippen molar-refractivity contribution in [1.29, 1.82) is 0 Å². The summed E-state index contributed by atoms with van der Waals surface area (Å²) in [5.74, 6) is -0.446. The Labute approximate surface area is 124 Å². The second-order valence-electron chi connectivity index (χ2n) is 5.56. The van der Waals surface area contributed by atoms with Crippen molar-refractivity contribution in [1.82, 2.24) is 4.90 Å². The Morgan fingerprint density at radius 3 is 2.33 bits per heavy atom. The summed E-state index contributed by atoms with van der Waals surface area (Å²) in [6.45, 7) is 4.67. The molecule has 0 spiro atoms. The van der Waals surface area contributed by atoms with Gasteiger partial charge in [0.2, 0.25) is 0 Å². The molecular formula is C15H22N2O4. The number of hydrogen-bond acceptors (Lipinski definition) is 4. The van der Waals surface area contributed by atoms with Crippen LogP contribution in [0.15, 0.2) is 24.3 Å². The number of non-ortho nitro benzene ring substituents is 1. The first-order valence-electron chi connectivity index (χ1n) is 6.96. The lowest BCUT2D eigenvalue weighted by Gasteiger charge is -2.31. The summed E-state index contributed by atoms with van der Waals surface area (Å²) in [7, 11) is 1.92. The van der Waals surface area contributed by atoms with E-state index in [0.717, 1.165) is 12.0 Å². The zero-order valence-corrected chi connectivity index (χ0v) is 12.7. The molecule has 0 aliphatic heterocycles. The van der Waals surface area contributed by atoms with Crippen molar-refractivity contribution >= 4 is 11.7 Å². The Kier molecular flexibility index (Phi) is 6.30. The topological polar surface area (TPSA) is 83.7 Å². The summed E-state index contributed by atoms with van der Waals surface area (Å²) in [5.41, 5.74) is 1.10. The van der Waals surface area contributed by atoms with Crippen LogP contribution in [0.25, 0.3) is 0 Å². The fourth-order valence-corrected chi connectivity index (χ4v) is 2.33. The predicted molar refractivity (Wildman–Crippen MR) is 80.3 cm³/mol. The highest BCUT2D eigenvalue weighted by atomic mass is 16.6. The third-order valence-corrected chi connectivity index (χ3v) is 3.61. The quantitative estimate of drug-likeness (QED) is 0.588. The van der Waals surface area contributed by atoms with E-state index in [2.05, 4.69) is 13.8 Å². The summed E-state index contributed by atoms with van der Waals surface area (Å²) in [4.78, 5) is 22.9. The lowest BCUT2D eigenvalue weighted by molar-refractivity contribution is -0.384. The van der Waals surface area contributed by atoms with E-state index in [1.807, 2.05) is 11.9 Å². The molecule has 1 aromatic carbocycles. The van der Waals surface area contributed by atoms with Crippen LogP contribution in [0.4, 0.5) is 5.69 Å². The lowest BCUT2D eigenvalue weighted by atomic mass is 9.95. The van der Waals surface area contributed by atoms with Gasteiger partial charge in [-0.05, 0) is 24.9 Å². The number of benzene rings is 1. The maximum Gasteiger partial charge on any atom is 0.304 e. The second kappa shape index (κ2) is 7.73. The molecule has 6 heteroatoms. The molecule has 0 bridgehead atoms. The highest BCUT2D eigenvalue weighted by molar-refractivity contribution is 5.66. The molecule has 0 aliphatic rings. The number of nitro benzene ring substituents is 1. The van der Waals surface area contributed by atoms with Crippen LogP contribution in [-0.4, -0.2) is 40.5 Å². The molecule has 0 saturated heterocycles. The SMILES string of the molecule is CC(C)C(Cc1ccc([N+](=O)[O-])cc1)N(C)CCC(=O)O. The average Bonchev–Trinajstić information content (AvgIpc) is 2.42. The smallest absolute Gasteiger partial charge is 0.304 e. The standard InChI is InChI=1S/C15H22N2O4/c1-11(2)14(16(3)9-8-15(18)19)10-12-4-6-13(7-5-12)17(20)21/h4-7,11,14H,8-10H2,1-3H3,(H,18,19). The van der Waals surface area contributed by atoms with Gasteiger partial charge in [0.15, 0.2) is 0 Å². The van der Waals surface area contributed by atoms with E-state index in [1.165, 1.54) is 12.1 Å². The lowest BCUT2D eigenvalue weighted by Crippen LogP contribution is -2.39. The second-order valence-corrected chi connectivity index (χ2v) is 5.56. The van der Waals surface area contributed by atoms with E-state index in [9.17, 15) is 14.9 Å². The maximum atomic E-state index is 10.7. The molecule has 6 nitrogen and oxygen atoms in total. The molecule has 0 amide bonds. The largest absolute Gasteiger partial charge is 0.481 e. The molecule has 0 aromatic heterocycles. The van der Waals surface area contributed by atoms with Gasteiger partial charge >= 0.3 is 5.97 Å². The number of nitro groups is 1. The van der Waals surface area contributed by atoms with Gasteiger partial charge in [0.1, 0.15) is 0 Å². The van der Waals surface area contributed by atoms with Crippen LogP contribution >= 0.6 is 0 Å². The minimum absolute atomic E-state index is 0.0825. The van der Waals surface area contributed by atoms with Crippen LogP contribution in [0.2, 0.25) is 0 Å². The zero-order chi connectivity index (χ0) is 16.0. The van der Waals surface area contributed by atoms with Crippen molar-refractivity contribution < 1.29 is 14.8 Å². The molecule has 1 unspecified atom stereocenters. The fourth-order valence-electron chi connectivity index (χ4n) is 2.33. The van der Waals surface area contributed by atoms with Gasteiger partial charge < -0.3 is 10.0 Å². The third kappa shape index (κ3) is 5.51. The van der Waals surface area contributed by atoms with Crippen LogP contribution < -0.4 is 0 Å². The first-order chi connectivity index (χ1) is 9.81. The van der Waals surface area contributed by atoms with Crippen molar-refractivity contribution in [3.05, 3.63) is 39.9 Å². The molecule has 0 saturated carbocycles. The molecular weight excluding hydrogens is 272 g/mol. The molecule has 1 atom stereocenters. The molecule has 116 valence electrons. The highest BCUT2D eigenvalue weighted by Crippen LogP contribution is 2.18. The van der Waals surface area contributed by atoms with E-state index in [-0.39, 0.29) is 18.2 Å². The van der Waals surface area contributed by atoms with Crippen molar-refractivity contribution in [2.75, 3.05) is 13.6 Å². The number of carboxylic acids is 1. The molecule has 0 heterocycles. The van der Waals surface area contributed by atoms with E-state index in [1.54, 1.807) is 12.1 Å². The Bertz CT molecular complexity index is 485. The van der Waals surface area contributed by atoms with E-state index >= 15 is 0 Å². The van der Waals surface area contributed by atoms with Crippen LogP contribution in [0.1, 0.15) is 25.8 Å². The number of hydrogen-bond donors (Lipinski definition) is 1. The predicted octanol–water partition coefficient (Wildman–Crippen LogP) is 2.57. The van der Waals surface area contributed by atoms with Crippen molar-refractivity contribution in [2.45, 2.75) is 32.7 Å². The Balaban J connectivity index is 2.73. The summed E-state index contributed by atoms with van der Waals surface area (Å²) >= 11 is 0. The number of aliphatic carboxylic acids is 1. The summed E-state index contributed by atoms with van der Waals surface area (Å²) in [6.07, 6.45) is 0.853. The fraction of sp³-hybridized carbons (Fsp3) is 0.533. The van der Waals surface area contributed by atoms with E-state index < -0.39 is 10.9 Å². The van der Waals surface area contributed by atoms with Crippen molar-refractivity contribution in [2.24, 2.45) is 5.92 Å². The van der Waals surface area contributed by atoms with Gasteiger partial charge in [-0.3, -0.25) is 14.9 Å². The molecule has 0 fully saturated rings. The van der Waals surface area contributed by atoms with Crippen molar-refractivity contribution in [3.8, 4) is 0 Å². The Hall–Kier alpha value is -1.95. The molecule has 1 N–H and O–H groups in total. The Morgan fingerprint density at radius 1 is 1.33 bits per heavy atom. The first kappa shape index (κ1) is 17.1. The van der Waals surface area contributed by atoms with Gasteiger partial charge in [-0.1, -0.05) is 26.0 Å². The Morgan fingerprint density at radius 2 is 1.90 bits per heavy atom. The highest BCUT2D eigenvalue weighted by Gasteiger charge is 2.20. The monoisotopic (exact) mass is 294 g/mol. The molecule has 1 aromatic rings. The number of likely N-dealkylation sites (N-methyl/N-ethyl adjacent to an activating group) is 1. The molecule has 1 rings (SSSR count). The van der Waals surface area contributed by atoms with Crippen LogP contribution in [-0.2, 0) is 11.2 Å². The maximum absolute atomic E-state index is 10.7. The van der Waals surface area contributed by atoms with Crippen LogP contribution in [0.3, 0.4) is 0 Å². The first-order valence-corrected chi connectivity index (χ1v) is 6.96. The number of nitrogens with zero attached hydrogens (tertiary/aromatic N) is 2. The zero-order valence-electron chi connectivity index (χ0n) is 12.7. The van der Waals surface area contributed by atoms with Gasteiger partial charge in [0.25, 0.3) is 5.69 Å². The summed E-state index contributed by atoms with van der Waals surface area (Å²) in [6, 6.07) is 6.73. The van der Waals surface area contributed by atoms with Gasteiger partial charge in [0, 0.05) is 24.7 Å². The van der Waals surface area contributed by atoms with Gasteiger partial charge in [-0.25, -0.2) is 0 Å². The molecule has 21 heavy (non-hydrogen) atoms. The van der Waals surface area contributed by atoms with Crippen molar-refractivity contribution in [3.63, 3.8) is 0 Å². The minimum Gasteiger partial charge on any atom is -0.481 e. The number of carboxylic acid groups (broad SMARTS) is 1. The van der Waals surface area contributed by atoms with Gasteiger partial charge in [0.05, 0.1) is 11.3 Å². The van der Waals surface area contributed by atoms with Gasteiger partial charge in [-0.2, -0.15) is 0 Å². The summed E-state index contributed by atoms with van der Waals surface area (Å²) in [5, 5.41) is 19.4. The summed E-state index contributed by atoms with van der Waals surface area (Å²) < 4.78 is 0. The van der Waals surface area contributed by atoms with Crippen LogP contribution in [0, 0.1) is 16.0 Å². The minimum atomic E-state index is -0.806. The number of rotatable bonds is 8. The number of carbonyl (C=O) groups is 1. The third-order valence-electron chi connectivity index (χ3n) is 3.61. The van der Waals surface area contributed by atoms with E-state index in [0.29, 0.717) is 12.5 Å². The normalized spacial score (nSPS) is 12.6. The van der Waals surface area contributed by atoms with Gasteiger partial charge in [-0.15, -0.1) is 0 Å². The average molecular weight is 294 g/mol.